The van der Waals surface area contributed by atoms with Crippen molar-refractivity contribution in [1.82, 2.24) is 0 Å². The van der Waals surface area contributed by atoms with Gasteiger partial charge in [0.15, 0.2) is 0 Å². The molecule has 0 bridgehead atoms. The van der Waals surface area contributed by atoms with Gasteiger partial charge in [-0.1, -0.05) is 0 Å². The maximum Gasteiger partial charge on any atom is 7.00 e. The molecule has 0 aliphatic heterocycles. The monoisotopic (exact) mass is 932 g/mol. The minimum absolute atomic E-state index is 0. The van der Waals surface area contributed by atoms with E-state index in [4.69, 9.17) is 0 Å². The van der Waals surface area contributed by atoms with Gasteiger partial charge in [0.2, 0.25) is 0 Å². The summed E-state index contributed by atoms with van der Waals surface area (Å²) in [5.74, 6) is 0. The normalized spacial score (nSPS) is 9.38. The van der Waals surface area contributed by atoms with Crippen LogP contribution in [0, 0.1) is 0 Å². The first kappa shape index (κ1) is 52.2. The average Bonchev–Trinajstić information content (AvgIpc) is 3.07. The molecule has 0 saturated carbocycles. The fourth-order valence-corrected chi connectivity index (χ4v) is 17.6. The molecule has 0 fully saturated rings. The van der Waals surface area contributed by atoms with Gasteiger partial charge in [-0.3, -0.25) is 0 Å². The van der Waals surface area contributed by atoms with Crippen molar-refractivity contribution in [2.75, 3.05) is 0 Å². The van der Waals surface area contributed by atoms with Crippen molar-refractivity contribution in [3.8, 4) is 0 Å². The molecule has 8 nitrogen and oxygen atoms in total. The van der Waals surface area contributed by atoms with Gasteiger partial charge < -0.3 is 32.9 Å². The van der Waals surface area contributed by atoms with Gasteiger partial charge in [0, 0.05) is 0 Å². The standard InChI is InChI=1S/2C18H15GeO.6O.2Tc/c2*20-19(16-10-4-1-5-11-16,17-12-6-2-7-13-17)18-14-8-3-9-15-18;;;;;;;;/h2*1-15H;;;;;;;;/q2*-1;6*-2;2*+7. The van der Waals surface area contributed by atoms with E-state index in [0.29, 0.717) is 0 Å². The summed E-state index contributed by atoms with van der Waals surface area (Å²) in [5, 5.41) is 0. The number of benzene rings is 6. The smallest absolute Gasteiger partial charge is 7.00 e. The summed E-state index contributed by atoms with van der Waals surface area (Å²) >= 11 is -7.48. The van der Waals surface area contributed by atoms with E-state index < -0.39 is 27.2 Å². The Morgan fingerprint density at radius 3 is 0.438 bits per heavy atom. The van der Waals surface area contributed by atoms with Crippen LogP contribution in [0.1, 0.15) is 0 Å². The summed E-state index contributed by atoms with van der Waals surface area (Å²) in [6.07, 6.45) is 0. The number of rotatable bonds is 6. The van der Waals surface area contributed by atoms with E-state index in [1.54, 1.807) is 0 Å². The SMILES string of the molecule is [O-2].[O-2].[O-2].[O-2].[O-2].[O-2].[O-][Ge]([c]1ccccc1)([c]1ccccc1)[c]1ccccc1.[O-][Ge]([c]1ccccc1)([c]1ccccc1)[c]1ccccc1.[Tc+7].[Tc+7]. The molecule has 0 aliphatic carbocycles. The zero-order valence-electron chi connectivity index (χ0n) is 25.3. The predicted molar refractivity (Wildman–Crippen MR) is 172 cm³/mol. The molecule has 6 aromatic rings. The predicted octanol–water partition coefficient (Wildman–Crippen LogP) is 1.31. The van der Waals surface area contributed by atoms with Crippen molar-refractivity contribution in [2.45, 2.75) is 0 Å². The summed E-state index contributed by atoms with van der Waals surface area (Å²) in [7, 11) is 0. The summed E-state index contributed by atoms with van der Waals surface area (Å²) < 4.78 is 33.5. The van der Waals surface area contributed by atoms with Crippen molar-refractivity contribution in [2.24, 2.45) is 0 Å². The molecule has 0 aliphatic rings. The molecule has 244 valence electrons. The third-order valence-electron chi connectivity index (χ3n) is 7.08. The van der Waals surface area contributed by atoms with Crippen LogP contribution < -0.4 is 34.6 Å². The zero-order valence-corrected chi connectivity index (χ0v) is 33.3. The number of hydrogen-bond donors (Lipinski definition) is 0. The van der Waals surface area contributed by atoms with Gasteiger partial charge in [-0.15, -0.1) is 0 Å². The molecule has 0 spiro atoms. The second kappa shape index (κ2) is 25.4. The molecular formula is C36H30Ge2O8Tc2. The van der Waals surface area contributed by atoms with Crippen LogP contribution in [0.3, 0.4) is 0 Å². The van der Waals surface area contributed by atoms with E-state index in [9.17, 15) is 8.27 Å². The van der Waals surface area contributed by atoms with Crippen molar-refractivity contribution in [1.29, 1.82) is 0 Å². The van der Waals surface area contributed by atoms with Crippen LogP contribution in [0.25, 0.3) is 0 Å². The molecular weight excluding hydrogens is 902 g/mol. The number of hydrogen-bond acceptors (Lipinski definition) is 2. The Morgan fingerprint density at radius 2 is 0.333 bits per heavy atom. The summed E-state index contributed by atoms with van der Waals surface area (Å²) in [6, 6.07) is 59.0. The van der Waals surface area contributed by atoms with Crippen molar-refractivity contribution < 1.29 is 81.3 Å². The quantitative estimate of drug-likeness (QED) is 0.226. The van der Waals surface area contributed by atoms with Gasteiger partial charge in [0.1, 0.15) is 0 Å². The van der Waals surface area contributed by atoms with Crippen molar-refractivity contribution in [3.05, 3.63) is 182 Å². The zero-order chi connectivity index (χ0) is 27.7. The van der Waals surface area contributed by atoms with Gasteiger partial charge in [-0.25, -0.2) is 0 Å². The second-order valence-corrected chi connectivity index (χ2v) is 22.5. The molecule has 0 saturated heterocycles. The minimum atomic E-state index is -3.74. The summed E-state index contributed by atoms with van der Waals surface area (Å²) in [4.78, 5) is 0. The molecule has 0 unspecified atom stereocenters. The van der Waals surface area contributed by atoms with E-state index in [1.807, 2.05) is 182 Å². The Labute approximate surface area is 314 Å². The average molecular weight is 932 g/mol. The molecule has 0 heterocycles. The third kappa shape index (κ3) is 11.8. The molecule has 0 amide bonds. The molecule has 0 atom stereocenters. The Kier molecular flexibility index (Phi) is 27.6. The van der Waals surface area contributed by atoms with Crippen LogP contribution in [-0.4, -0.2) is 27.2 Å². The first-order valence-corrected chi connectivity index (χ1v) is 21.4. The van der Waals surface area contributed by atoms with Crippen molar-refractivity contribution >= 4 is 53.6 Å². The Hall–Kier alpha value is -2.62. The third-order valence-corrected chi connectivity index (χ3v) is 21.5. The topological polar surface area (TPSA) is 217 Å². The molecule has 6 aromatic carbocycles. The Balaban J connectivity index is -0.000000346. The maximum absolute atomic E-state index is 13.9. The molecule has 0 radical (unpaired) electrons. The van der Waals surface area contributed by atoms with E-state index >= 15 is 0 Å². The van der Waals surface area contributed by atoms with Gasteiger partial charge >= 0.3 is 284 Å². The molecule has 0 N–H and O–H groups in total. The second-order valence-electron chi connectivity index (χ2n) is 9.56. The van der Waals surface area contributed by atoms with E-state index in [1.165, 1.54) is 0 Å². The van der Waals surface area contributed by atoms with Crippen LogP contribution in [0.2, 0.25) is 0 Å². The molecule has 6 rings (SSSR count). The summed E-state index contributed by atoms with van der Waals surface area (Å²) in [6.45, 7) is 0. The van der Waals surface area contributed by atoms with Crippen LogP contribution >= 0.6 is 0 Å². The first-order valence-electron chi connectivity index (χ1n) is 13.4. The summed E-state index contributed by atoms with van der Waals surface area (Å²) in [5.41, 5.74) is 0. The fourth-order valence-electron chi connectivity index (χ4n) is 5.04. The molecule has 48 heavy (non-hydrogen) atoms. The largest absolute Gasteiger partial charge is 7.00 e. The van der Waals surface area contributed by atoms with Crippen LogP contribution in [0.15, 0.2) is 182 Å². The van der Waals surface area contributed by atoms with Crippen LogP contribution in [0.5, 0.6) is 0 Å². The maximum atomic E-state index is 13.9. The van der Waals surface area contributed by atoms with Crippen LogP contribution in [0.4, 0.5) is 0 Å². The first-order chi connectivity index (χ1) is 19.6. The molecule has 12 heteroatoms. The minimum Gasteiger partial charge on any atom is 7.00 e. The van der Waals surface area contributed by atoms with Gasteiger partial charge in [-0.05, 0) is 0 Å². The Morgan fingerprint density at radius 1 is 0.229 bits per heavy atom. The molecule has 0 aromatic heterocycles. The van der Waals surface area contributed by atoms with Gasteiger partial charge in [0.25, 0.3) is 0 Å². The van der Waals surface area contributed by atoms with Gasteiger partial charge in [0.05, 0.1) is 0 Å². The van der Waals surface area contributed by atoms with E-state index in [2.05, 4.69) is 0 Å². The van der Waals surface area contributed by atoms with E-state index in [-0.39, 0.29) is 73.1 Å². The fraction of sp³-hybridized carbons (Fsp3) is 0. The van der Waals surface area contributed by atoms with Crippen LogP contribution in [-0.2, 0) is 73.1 Å². The van der Waals surface area contributed by atoms with Gasteiger partial charge in [-0.2, -0.15) is 0 Å². The Bertz CT molecular complexity index is 1290. The van der Waals surface area contributed by atoms with E-state index in [0.717, 1.165) is 26.4 Å². The van der Waals surface area contributed by atoms with Crippen molar-refractivity contribution in [3.63, 3.8) is 0 Å².